The van der Waals surface area contributed by atoms with E-state index in [0.29, 0.717) is 38.6 Å². The molecular formula is C29H42NO5P. The van der Waals surface area contributed by atoms with Gasteiger partial charge in [0.1, 0.15) is 0 Å². The van der Waals surface area contributed by atoms with Crippen LogP contribution in [0.3, 0.4) is 0 Å². The summed E-state index contributed by atoms with van der Waals surface area (Å²) in [6.45, 7) is 7.18. The van der Waals surface area contributed by atoms with E-state index in [4.69, 9.17) is 9.05 Å². The molecule has 1 unspecified atom stereocenters. The van der Waals surface area contributed by atoms with Gasteiger partial charge in [0.15, 0.2) is 0 Å². The Balaban J connectivity index is 1.43. The van der Waals surface area contributed by atoms with Crippen molar-refractivity contribution in [3.8, 4) is 0 Å². The highest BCUT2D eigenvalue weighted by Gasteiger charge is 2.40. The second kappa shape index (κ2) is 13.0. The molecule has 2 aromatic carbocycles. The van der Waals surface area contributed by atoms with Crippen LogP contribution < -0.4 is 5.32 Å². The van der Waals surface area contributed by atoms with Crippen LogP contribution in [0.5, 0.6) is 0 Å². The number of unbranched alkanes of at least 4 members (excludes halogenated alkanes) is 1. The molecule has 0 aliphatic heterocycles. The van der Waals surface area contributed by atoms with Crippen molar-refractivity contribution in [3.63, 3.8) is 0 Å². The van der Waals surface area contributed by atoms with Crippen LogP contribution in [0.25, 0.3) is 0 Å². The molecule has 198 valence electrons. The molecule has 1 amide bonds. The average molecular weight is 516 g/mol. The summed E-state index contributed by atoms with van der Waals surface area (Å²) < 4.78 is 23.3. The van der Waals surface area contributed by atoms with E-state index in [0.717, 1.165) is 19.3 Å². The normalized spacial score (nSPS) is 17.9. The maximum absolute atomic E-state index is 12.5. The Morgan fingerprint density at radius 3 is 2.08 bits per heavy atom. The number of phosphoric ester groups is 1. The molecule has 0 radical (unpaired) electrons. The van der Waals surface area contributed by atoms with Gasteiger partial charge in [-0.1, -0.05) is 81.4 Å². The number of carbonyl (C=O) groups excluding carboxylic acids is 1. The summed E-state index contributed by atoms with van der Waals surface area (Å²) in [7, 11) is -4.15. The van der Waals surface area contributed by atoms with Crippen molar-refractivity contribution >= 4 is 13.7 Å². The Morgan fingerprint density at radius 2 is 1.56 bits per heavy atom. The third-order valence-corrected chi connectivity index (χ3v) is 8.04. The highest BCUT2D eigenvalue weighted by Crippen LogP contribution is 2.51. The lowest BCUT2D eigenvalue weighted by molar-refractivity contribution is -0.121. The van der Waals surface area contributed by atoms with Crippen molar-refractivity contribution in [1.82, 2.24) is 5.32 Å². The molecule has 0 saturated heterocycles. The van der Waals surface area contributed by atoms with Crippen LogP contribution in [-0.2, 0) is 23.8 Å². The minimum absolute atomic E-state index is 0.00482. The van der Waals surface area contributed by atoms with E-state index in [1.165, 1.54) is 11.1 Å². The van der Waals surface area contributed by atoms with Crippen molar-refractivity contribution in [2.75, 3.05) is 13.2 Å². The number of carbonyl (C=O) groups is 1. The highest BCUT2D eigenvalue weighted by atomic mass is 31.2. The molecule has 1 fully saturated rings. The zero-order valence-electron chi connectivity index (χ0n) is 21.9. The standard InChI is InChI=1S/C29H42NO5P/c1-28(2,3)21-22-30-27(31)16-10-11-23-34-36(32,33)35-26-17-19-29(20-18-26,24-12-6-4-7-13-24)25-14-8-5-9-15-25/h4-9,12-15,26H,10-11,16-23H2,1-3H3,(H,30,31)(H,32,33). The molecule has 7 heteroatoms. The molecule has 1 aliphatic rings. The maximum Gasteiger partial charge on any atom is 0.472 e. The second-order valence-corrected chi connectivity index (χ2v) is 12.4. The van der Waals surface area contributed by atoms with Crippen LogP contribution in [0.2, 0.25) is 0 Å². The molecule has 2 N–H and O–H groups in total. The van der Waals surface area contributed by atoms with Crippen LogP contribution in [0.1, 0.15) is 83.3 Å². The van der Waals surface area contributed by atoms with Crippen molar-refractivity contribution in [2.45, 2.75) is 83.7 Å². The molecule has 2 aromatic rings. The summed E-state index contributed by atoms with van der Waals surface area (Å²) >= 11 is 0. The summed E-state index contributed by atoms with van der Waals surface area (Å²) in [4.78, 5) is 22.2. The minimum Gasteiger partial charge on any atom is -0.356 e. The molecule has 1 aliphatic carbocycles. The summed E-state index contributed by atoms with van der Waals surface area (Å²) in [6.07, 6.45) is 5.11. The van der Waals surface area contributed by atoms with Gasteiger partial charge in [-0.2, -0.15) is 0 Å². The van der Waals surface area contributed by atoms with Crippen molar-refractivity contribution < 1.29 is 23.3 Å². The van der Waals surface area contributed by atoms with Gasteiger partial charge in [-0.05, 0) is 61.5 Å². The van der Waals surface area contributed by atoms with Gasteiger partial charge in [0.05, 0.1) is 12.7 Å². The van der Waals surface area contributed by atoms with Crippen molar-refractivity contribution in [1.29, 1.82) is 0 Å². The van der Waals surface area contributed by atoms with E-state index in [2.05, 4.69) is 74.6 Å². The molecule has 0 bridgehead atoms. The van der Waals surface area contributed by atoms with Gasteiger partial charge in [0, 0.05) is 18.4 Å². The third kappa shape index (κ3) is 8.85. The number of nitrogens with one attached hydrogen (secondary N) is 1. The van der Waals surface area contributed by atoms with E-state index in [-0.39, 0.29) is 29.4 Å². The van der Waals surface area contributed by atoms with Crippen LogP contribution >= 0.6 is 7.82 Å². The van der Waals surface area contributed by atoms with Crippen LogP contribution in [-0.4, -0.2) is 30.1 Å². The van der Waals surface area contributed by atoms with Crippen LogP contribution in [0.4, 0.5) is 0 Å². The number of hydrogen-bond acceptors (Lipinski definition) is 4. The largest absolute Gasteiger partial charge is 0.472 e. The van der Waals surface area contributed by atoms with Gasteiger partial charge in [-0.15, -0.1) is 0 Å². The second-order valence-electron chi connectivity index (χ2n) is 11.0. The molecule has 36 heavy (non-hydrogen) atoms. The van der Waals surface area contributed by atoms with Crippen molar-refractivity contribution in [2.24, 2.45) is 5.41 Å². The number of rotatable bonds is 12. The lowest BCUT2D eigenvalue weighted by Crippen LogP contribution is -2.35. The maximum atomic E-state index is 12.5. The van der Waals surface area contributed by atoms with E-state index >= 15 is 0 Å². The highest BCUT2D eigenvalue weighted by molar-refractivity contribution is 7.47. The summed E-state index contributed by atoms with van der Waals surface area (Å²) in [5.41, 5.74) is 2.59. The summed E-state index contributed by atoms with van der Waals surface area (Å²) in [5, 5.41) is 2.92. The fourth-order valence-corrected chi connectivity index (χ4v) is 5.91. The predicted octanol–water partition coefficient (Wildman–Crippen LogP) is 6.77. The Morgan fingerprint density at radius 1 is 1.00 bits per heavy atom. The third-order valence-electron chi connectivity index (χ3n) is 6.97. The predicted molar refractivity (Wildman–Crippen MR) is 144 cm³/mol. The topological polar surface area (TPSA) is 84.9 Å². The number of hydrogen-bond donors (Lipinski definition) is 2. The molecule has 1 atom stereocenters. The SMILES string of the molecule is CC(C)(C)CCNC(=O)CCCCOP(=O)(O)OC1CCC(c2ccccc2)(c2ccccc2)CC1. The smallest absolute Gasteiger partial charge is 0.356 e. The number of benzene rings is 2. The van der Waals surface area contributed by atoms with Gasteiger partial charge in [0.25, 0.3) is 0 Å². The first-order valence-electron chi connectivity index (χ1n) is 13.1. The van der Waals surface area contributed by atoms with E-state index in [1.807, 2.05) is 12.1 Å². The Bertz CT molecular complexity index is 940. The summed E-state index contributed by atoms with van der Waals surface area (Å²) in [6, 6.07) is 21.0. The van der Waals surface area contributed by atoms with E-state index in [9.17, 15) is 14.3 Å². The Kier molecular flexibility index (Phi) is 10.3. The molecule has 0 spiro atoms. The van der Waals surface area contributed by atoms with Gasteiger partial charge >= 0.3 is 7.82 Å². The lowest BCUT2D eigenvalue weighted by Gasteiger charge is -2.41. The molecular weight excluding hydrogens is 473 g/mol. The monoisotopic (exact) mass is 515 g/mol. The number of phosphoric acid groups is 1. The Hall–Kier alpha value is -1.98. The average Bonchev–Trinajstić information content (AvgIpc) is 2.84. The zero-order valence-corrected chi connectivity index (χ0v) is 22.8. The fraction of sp³-hybridized carbons (Fsp3) is 0.552. The first kappa shape index (κ1) is 28.6. The van der Waals surface area contributed by atoms with E-state index < -0.39 is 7.82 Å². The van der Waals surface area contributed by atoms with E-state index in [1.54, 1.807) is 0 Å². The minimum atomic E-state index is -4.15. The quantitative estimate of drug-likeness (QED) is 0.241. The van der Waals surface area contributed by atoms with Gasteiger partial charge in [-0.25, -0.2) is 4.57 Å². The van der Waals surface area contributed by atoms with Gasteiger partial charge < -0.3 is 10.2 Å². The van der Waals surface area contributed by atoms with Crippen molar-refractivity contribution in [3.05, 3.63) is 71.8 Å². The summed E-state index contributed by atoms with van der Waals surface area (Å²) in [5.74, 6) is 0.00482. The number of amides is 1. The molecule has 6 nitrogen and oxygen atoms in total. The first-order chi connectivity index (χ1) is 17.1. The lowest BCUT2D eigenvalue weighted by atomic mass is 9.65. The van der Waals surface area contributed by atoms with Crippen LogP contribution in [0, 0.1) is 5.41 Å². The fourth-order valence-electron chi connectivity index (χ4n) is 4.90. The molecule has 3 rings (SSSR count). The Labute approximate surface area is 216 Å². The van der Waals surface area contributed by atoms with Gasteiger partial charge in [0.2, 0.25) is 5.91 Å². The van der Waals surface area contributed by atoms with Crippen LogP contribution in [0.15, 0.2) is 60.7 Å². The van der Waals surface area contributed by atoms with Gasteiger partial charge in [-0.3, -0.25) is 13.8 Å². The molecule has 1 saturated carbocycles. The first-order valence-corrected chi connectivity index (χ1v) is 14.6. The molecule has 0 heterocycles. The zero-order chi connectivity index (χ0) is 26.1. The molecule has 0 aromatic heterocycles.